The fourth-order valence-corrected chi connectivity index (χ4v) is 3.69. The maximum Gasteiger partial charge on any atom is 0.295 e. The standard InChI is InChI=1S/C23H25NO7/c1-13-11-15(30-3)6-7-16(13)21(26)19-20(14-5-8-17(25)18(12-14)31-4)24(9-10-29-2)23(28)22(19)27/h5-8,11-12,20,25-26H,9-10H2,1-4H3/t20-/m0/s1. The van der Waals surface area contributed by atoms with Crippen LogP contribution < -0.4 is 9.47 Å². The number of Topliss-reactive ketones (excluding diaryl/α,β-unsaturated/α-hetero) is 1. The third-order valence-electron chi connectivity index (χ3n) is 5.28. The Hall–Kier alpha value is -3.52. The Labute approximate surface area is 180 Å². The number of hydrogen-bond acceptors (Lipinski definition) is 7. The number of aromatic hydroxyl groups is 1. The molecule has 2 aromatic carbocycles. The predicted molar refractivity (Wildman–Crippen MR) is 113 cm³/mol. The SMILES string of the molecule is COCCN1C(=O)C(=O)C(=C(O)c2ccc(OC)cc2C)[C@@H]1c1ccc(O)c(OC)c1. The molecule has 1 heterocycles. The first-order chi connectivity index (χ1) is 14.8. The molecule has 0 saturated carbocycles. The molecule has 2 aromatic rings. The Balaban J connectivity index is 2.21. The van der Waals surface area contributed by atoms with Gasteiger partial charge in [-0.25, -0.2) is 0 Å². The topological polar surface area (TPSA) is 106 Å². The summed E-state index contributed by atoms with van der Waals surface area (Å²) in [5.74, 6) is -1.09. The average molecular weight is 427 g/mol. The highest BCUT2D eigenvalue weighted by atomic mass is 16.5. The number of rotatable bonds is 7. The Bertz CT molecular complexity index is 1040. The van der Waals surface area contributed by atoms with E-state index in [0.717, 1.165) is 0 Å². The van der Waals surface area contributed by atoms with Crippen molar-refractivity contribution >= 4 is 17.4 Å². The zero-order chi connectivity index (χ0) is 22.7. The van der Waals surface area contributed by atoms with Crippen LogP contribution in [0.25, 0.3) is 5.76 Å². The van der Waals surface area contributed by atoms with Crippen molar-refractivity contribution in [3.8, 4) is 17.2 Å². The zero-order valence-corrected chi connectivity index (χ0v) is 17.8. The Morgan fingerprint density at radius 3 is 2.42 bits per heavy atom. The molecule has 0 unspecified atom stereocenters. The second-order valence-electron chi connectivity index (χ2n) is 7.10. The zero-order valence-electron chi connectivity index (χ0n) is 17.8. The lowest BCUT2D eigenvalue weighted by molar-refractivity contribution is -0.140. The molecule has 2 N–H and O–H groups in total. The Morgan fingerprint density at radius 1 is 1.06 bits per heavy atom. The van der Waals surface area contributed by atoms with Crippen molar-refractivity contribution in [1.82, 2.24) is 4.90 Å². The van der Waals surface area contributed by atoms with E-state index in [9.17, 15) is 19.8 Å². The third-order valence-corrected chi connectivity index (χ3v) is 5.28. The van der Waals surface area contributed by atoms with Gasteiger partial charge in [0.05, 0.1) is 32.4 Å². The van der Waals surface area contributed by atoms with Gasteiger partial charge in [-0.05, 0) is 48.4 Å². The van der Waals surface area contributed by atoms with E-state index in [4.69, 9.17) is 14.2 Å². The highest BCUT2D eigenvalue weighted by molar-refractivity contribution is 6.46. The molecule has 1 aliphatic rings. The second-order valence-corrected chi connectivity index (χ2v) is 7.10. The van der Waals surface area contributed by atoms with E-state index in [2.05, 4.69) is 0 Å². The highest BCUT2D eigenvalue weighted by Gasteiger charge is 2.46. The quantitative estimate of drug-likeness (QED) is 0.398. The molecule has 0 radical (unpaired) electrons. The Morgan fingerprint density at radius 2 is 1.81 bits per heavy atom. The van der Waals surface area contributed by atoms with Gasteiger partial charge in [-0.3, -0.25) is 9.59 Å². The van der Waals surface area contributed by atoms with Crippen molar-refractivity contribution in [3.05, 3.63) is 58.7 Å². The van der Waals surface area contributed by atoms with Crippen molar-refractivity contribution in [1.29, 1.82) is 0 Å². The number of phenols is 1. The molecule has 8 nitrogen and oxygen atoms in total. The second kappa shape index (κ2) is 9.09. The molecule has 31 heavy (non-hydrogen) atoms. The maximum absolute atomic E-state index is 13.0. The predicted octanol–water partition coefficient (Wildman–Crippen LogP) is 2.79. The van der Waals surface area contributed by atoms with Crippen LogP contribution in [0.2, 0.25) is 0 Å². The average Bonchev–Trinajstić information content (AvgIpc) is 3.02. The molecule has 164 valence electrons. The van der Waals surface area contributed by atoms with Crippen LogP contribution in [-0.4, -0.2) is 61.3 Å². The van der Waals surface area contributed by atoms with Crippen LogP contribution in [0.3, 0.4) is 0 Å². The summed E-state index contributed by atoms with van der Waals surface area (Å²) in [6.45, 7) is 2.13. The minimum Gasteiger partial charge on any atom is -0.507 e. The molecule has 1 saturated heterocycles. The summed E-state index contributed by atoms with van der Waals surface area (Å²) < 4.78 is 15.5. The lowest BCUT2D eigenvalue weighted by atomic mass is 9.93. The minimum absolute atomic E-state index is 0.0397. The molecular weight excluding hydrogens is 402 g/mol. The number of aliphatic hydroxyl groups excluding tert-OH is 1. The summed E-state index contributed by atoms with van der Waals surface area (Å²) in [6, 6.07) is 8.72. The van der Waals surface area contributed by atoms with Gasteiger partial charge in [0.1, 0.15) is 11.5 Å². The van der Waals surface area contributed by atoms with Gasteiger partial charge < -0.3 is 29.3 Å². The van der Waals surface area contributed by atoms with E-state index >= 15 is 0 Å². The fourth-order valence-electron chi connectivity index (χ4n) is 3.69. The molecule has 1 amide bonds. The first-order valence-corrected chi connectivity index (χ1v) is 9.63. The summed E-state index contributed by atoms with van der Waals surface area (Å²) in [5.41, 5.74) is 1.57. The third kappa shape index (κ3) is 4.06. The number of phenolic OH excluding ortho intramolecular Hbond substituents is 1. The molecule has 0 bridgehead atoms. The van der Waals surface area contributed by atoms with Gasteiger partial charge in [-0.2, -0.15) is 0 Å². The summed E-state index contributed by atoms with van der Waals surface area (Å²) in [7, 11) is 4.44. The van der Waals surface area contributed by atoms with Gasteiger partial charge >= 0.3 is 0 Å². The number of ether oxygens (including phenoxy) is 3. The van der Waals surface area contributed by atoms with E-state index in [1.165, 1.54) is 32.3 Å². The van der Waals surface area contributed by atoms with Gasteiger partial charge in [0, 0.05) is 19.2 Å². The molecule has 0 spiro atoms. The molecule has 0 aromatic heterocycles. The fraction of sp³-hybridized carbons (Fsp3) is 0.304. The van der Waals surface area contributed by atoms with E-state index < -0.39 is 17.7 Å². The highest BCUT2D eigenvalue weighted by Crippen LogP contribution is 2.42. The van der Waals surface area contributed by atoms with Crippen LogP contribution in [0, 0.1) is 6.92 Å². The molecular formula is C23H25NO7. The summed E-state index contributed by atoms with van der Waals surface area (Å²) in [4.78, 5) is 27.2. The molecule has 0 aliphatic carbocycles. The number of ketones is 1. The molecule has 1 fully saturated rings. The van der Waals surface area contributed by atoms with Crippen LogP contribution in [-0.2, 0) is 14.3 Å². The van der Waals surface area contributed by atoms with Crippen LogP contribution in [0.15, 0.2) is 42.0 Å². The van der Waals surface area contributed by atoms with Crippen molar-refractivity contribution in [3.63, 3.8) is 0 Å². The van der Waals surface area contributed by atoms with E-state index in [-0.39, 0.29) is 36.0 Å². The number of amides is 1. The minimum atomic E-state index is -0.869. The van der Waals surface area contributed by atoms with Crippen LogP contribution in [0.5, 0.6) is 17.2 Å². The van der Waals surface area contributed by atoms with Gasteiger partial charge in [-0.15, -0.1) is 0 Å². The van der Waals surface area contributed by atoms with E-state index in [1.807, 2.05) is 0 Å². The number of nitrogens with zero attached hydrogens (tertiary/aromatic N) is 1. The first-order valence-electron chi connectivity index (χ1n) is 9.63. The lowest BCUT2D eigenvalue weighted by Crippen LogP contribution is -2.32. The van der Waals surface area contributed by atoms with Crippen LogP contribution in [0.4, 0.5) is 0 Å². The molecule has 1 aliphatic heterocycles. The number of carbonyl (C=O) groups excluding carboxylic acids is 2. The monoisotopic (exact) mass is 427 g/mol. The smallest absolute Gasteiger partial charge is 0.295 e. The van der Waals surface area contributed by atoms with Gasteiger partial charge in [-0.1, -0.05) is 6.07 Å². The number of likely N-dealkylation sites (tertiary alicyclic amines) is 1. The number of aliphatic hydroxyl groups is 1. The van der Waals surface area contributed by atoms with Gasteiger partial charge in [0.15, 0.2) is 11.5 Å². The van der Waals surface area contributed by atoms with Crippen LogP contribution in [0.1, 0.15) is 22.7 Å². The molecule has 3 rings (SSSR count). The molecule has 8 heteroatoms. The van der Waals surface area contributed by atoms with Gasteiger partial charge in [0.2, 0.25) is 0 Å². The van der Waals surface area contributed by atoms with Crippen LogP contribution >= 0.6 is 0 Å². The molecule has 1 atom stereocenters. The van der Waals surface area contributed by atoms with Crippen molar-refractivity contribution in [2.75, 3.05) is 34.5 Å². The number of hydrogen-bond donors (Lipinski definition) is 2. The Kier molecular flexibility index (Phi) is 6.50. The number of carbonyl (C=O) groups is 2. The largest absolute Gasteiger partial charge is 0.507 e. The number of methoxy groups -OCH3 is 3. The van der Waals surface area contributed by atoms with E-state index in [0.29, 0.717) is 22.4 Å². The number of benzene rings is 2. The first kappa shape index (κ1) is 22.2. The van der Waals surface area contributed by atoms with Crippen molar-refractivity contribution < 1.29 is 34.0 Å². The maximum atomic E-state index is 13.0. The van der Waals surface area contributed by atoms with Gasteiger partial charge in [0.25, 0.3) is 11.7 Å². The van der Waals surface area contributed by atoms with Crippen molar-refractivity contribution in [2.45, 2.75) is 13.0 Å². The summed E-state index contributed by atoms with van der Waals surface area (Å²) in [5, 5.41) is 21.1. The lowest BCUT2D eigenvalue weighted by Gasteiger charge is -2.25. The normalized spacial score (nSPS) is 17.8. The van der Waals surface area contributed by atoms with Crippen molar-refractivity contribution in [2.24, 2.45) is 0 Å². The summed E-state index contributed by atoms with van der Waals surface area (Å²) >= 11 is 0. The van der Waals surface area contributed by atoms with E-state index in [1.54, 1.807) is 37.3 Å². The summed E-state index contributed by atoms with van der Waals surface area (Å²) in [6.07, 6.45) is 0. The number of aryl methyl sites for hydroxylation is 1.